The summed E-state index contributed by atoms with van der Waals surface area (Å²) in [5.74, 6) is 0.906. The molecule has 1 fully saturated rings. The molecule has 2 rings (SSSR count). The van der Waals surface area contributed by atoms with Gasteiger partial charge in [-0.25, -0.2) is 9.67 Å². The van der Waals surface area contributed by atoms with Crippen LogP contribution in [0, 0.1) is 16.7 Å². The molecule has 0 spiro atoms. The molecule has 1 aromatic rings. The normalized spacial score (nSPS) is 19.2. The van der Waals surface area contributed by atoms with E-state index in [1.807, 2.05) is 4.68 Å². The van der Waals surface area contributed by atoms with Gasteiger partial charge in [0, 0.05) is 25.7 Å². The average molecular weight is 234 g/mol. The van der Waals surface area contributed by atoms with Crippen molar-refractivity contribution in [3.8, 4) is 6.07 Å². The molecule has 0 aliphatic carbocycles. The van der Waals surface area contributed by atoms with E-state index in [0.29, 0.717) is 19.6 Å². The molecule has 2 heterocycles. The van der Waals surface area contributed by atoms with E-state index in [9.17, 15) is 5.26 Å². The van der Waals surface area contributed by atoms with Crippen LogP contribution in [0.5, 0.6) is 0 Å². The maximum Gasteiger partial charge on any atom is 0.138 e. The minimum Gasteiger partial charge on any atom is -0.381 e. The van der Waals surface area contributed by atoms with E-state index in [0.717, 1.165) is 18.7 Å². The second-order valence-electron chi connectivity index (χ2n) is 4.90. The molecular weight excluding hydrogens is 216 g/mol. The van der Waals surface area contributed by atoms with E-state index in [2.05, 4.69) is 30.0 Å². The summed E-state index contributed by atoms with van der Waals surface area (Å²) in [6, 6.07) is 2.74. The number of nitrogens with zero attached hydrogens (tertiary/aromatic N) is 4. The molecule has 0 unspecified atom stereocenters. The fourth-order valence-corrected chi connectivity index (χ4v) is 2.22. The molecule has 0 radical (unpaired) electrons. The minimum atomic E-state index is -0.322. The Morgan fingerprint density at radius 1 is 1.53 bits per heavy atom. The average Bonchev–Trinajstić information content (AvgIpc) is 2.78. The van der Waals surface area contributed by atoms with E-state index in [1.165, 1.54) is 0 Å². The molecule has 0 aromatic carbocycles. The first-order chi connectivity index (χ1) is 8.17. The van der Waals surface area contributed by atoms with Gasteiger partial charge >= 0.3 is 0 Å². The van der Waals surface area contributed by atoms with Crippen molar-refractivity contribution in [3.63, 3.8) is 0 Å². The molecule has 5 heteroatoms. The highest BCUT2D eigenvalue weighted by molar-refractivity contribution is 5.06. The Morgan fingerprint density at radius 3 is 2.82 bits per heavy atom. The van der Waals surface area contributed by atoms with Crippen LogP contribution in [-0.4, -0.2) is 28.0 Å². The SMILES string of the molecule is CC(C)n1ncnc1CC1(C#N)CCOCC1. The number of hydrogen-bond donors (Lipinski definition) is 0. The fourth-order valence-electron chi connectivity index (χ4n) is 2.22. The van der Waals surface area contributed by atoms with Crippen molar-refractivity contribution in [2.75, 3.05) is 13.2 Å². The van der Waals surface area contributed by atoms with Crippen molar-refractivity contribution < 1.29 is 4.74 Å². The Labute approximate surface area is 101 Å². The van der Waals surface area contributed by atoms with Gasteiger partial charge in [0.15, 0.2) is 0 Å². The van der Waals surface area contributed by atoms with Gasteiger partial charge in [0.05, 0.1) is 11.5 Å². The first-order valence-corrected chi connectivity index (χ1v) is 6.04. The lowest BCUT2D eigenvalue weighted by Gasteiger charge is -2.30. The Kier molecular flexibility index (Phi) is 3.43. The predicted molar refractivity (Wildman–Crippen MR) is 62.2 cm³/mol. The Morgan fingerprint density at radius 2 is 2.24 bits per heavy atom. The molecule has 1 aromatic heterocycles. The summed E-state index contributed by atoms with van der Waals surface area (Å²) >= 11 is 0. The third kappa shape index (κ3) is 2.47. The van der Waals surface area contributed by atoms with Gasteiger partial charge in [0.2, 0.25) is 0 Å². The fraction of sp³-hybridized carbons (Fsp3) is 0.750. The lowest BCUT2D eigenvalue weighted by molar-refractivity contribution is 0.0393. The number of aromatic nitrogens is 3. The molecule has 1 saturated heterocycles. The van der Waals surface area contributed by atoms with E-state index in [1.54, 1.807) is 6.33 Å². The molecule has 0 saturated carbocycles. The molecule has 1 aliphatic heterocycles. The van der Waals surface area contributed by atoms with Crippen LogP contribution in [-0.2, 0) is 11.2 Å². The highest BCUT2D eigenvalue weighted by Gasteiger charge is 2.34. The molecule has 0 bridgehead atoms. The number of nitriles is 1. The molecule has 0 N–H and O–H groups in total. The van der Waals surface area contributed by atoms with Gasteiger partial charge in [-0.15, -0.1) is 0 Å². The first kappa shape index (κ1) is 12.1. The van der Waals surface area contributed by atoms with Crippen LogP contribution in [0.4, 0.5) is 0 Å². The van der Waals surface area contributed by atoms with Crippen molar-refractivity contribution in [1.82, 2.24) is 14.8 Å². The lowest BCUT2D eigenvalue weighted by atomic mass is 9.78. The zero-order chi connectivity index (χ0) is 12.3. The molecule has 0 amide bonds. The molecular formula is C12H18N4O. The Hall–Kier alpha value is -1.41. The van der Waals surface area contributed by atoms with Gasteiger partial charge in [0.25, 0.3) is 0 Å². The topological polar surface area (TPSA) is 63.7 Å². The van der Waals surface area contributed by atoms with E-state index in [-0.39, 0.29) is 11.5 Å². The van der Waals surface area contributed by atoms with Crippen LogP contribution < -0.4 is 0 Å². The zero-order valence-corrected chi connectivity index (χ0v) is 10.4. The summed E-state index contributed by atoms with van der Waals surface area (Å²) < 4.78 is 7.23. The van der Waals surface area contributed by atoms with E-state index < -0.39 is 0 Å². The van der Waals surface area contributed by atoms with Crippen molar-refractivity contribution in [2.45, 2.75) is 39.2 Å². The highest BCUT2D eigenvalue weighted by Crippen LogP contribution is 2.33. The standard InChI is InChI=1S/C12H18N4O/c1-10(2)16-11(14-9-15-16)7-12(8-13)3-5-17-6-4-12/h9-10H,3-7H2,1-2H3. The van der Waals surface area contributed by atoms with Crippen LogP contribution in [0.15, 0.2) is 6.33 Å². The first-order valence-electron chi connectivity index (χ1n) is 6.04. The van der Waals surface area contributed by atoms with Gasteiger partial charge < -0.3 is 4.74 Å². The summed E-state index contributed by atoms with van der Waals surface area (Å²) in [5.41, 5.74) is -0.322. The number of hydrogen-bond acceptors (Lipinski definition) is 4. The predicted octanol–water partition coefficient (Wildman–Crippen LogP) is 1.72. The van der Waals surface area contributed by atoms with Gasteiger partial charge in [-0.3, -0.25) is 0 Å². The van der Waals surface area contributed by atoms with Gasteiger partial charge in [-0.1, -0.05) is 0 Å². The molecule has 1 aliphatic rings. The second kappa shape index (κ2) is 4.84. The minimum absolute atomic E-state index is 0.281. The maximum atomic E-state index is 9.41. The molecule has 5 nitrogen and oxygen atoms in total. The monoisotopic (exact) mass is 234 g/mol. The van der Waals surface area contributed by atoms with Crippen LogP contribution in [0.3, 0.4) is 0 Å². The van der Waals surface area contributed by atoms with Gasteiger partial charge in [0.1, 0.15) is 12.2 Å². The summed E-state index contributed by atoms with van der Waals surface area (Å²) in [7, 11) is 0. The van der Waals surface area contributed by atoms with Crippen molar-refractivity contribution in [3.05, 3.63) is 12.2 Å². The van der Waals surface area contributed by atoms with Crippen molar-refractivity contribution in [1.29, 1.82) is 5.26 Å². The smallest absolute Gasteiger partial charge is 0.138 e. The van der Waals surface area contributed by atoms with Crippen LogP contribution in [0.25, 0.3) is 0 Å². The summed E-state index contributed by atoms with van der Waals surface area (Å²) in [6.07, 6.45) is 3.81. The third-order valence-electron chi connectivity index (χ3n) is 3.32. The Balaban J connectivity index is 2.18. The quantitative estimate of drug-likeness (QED) is 0.798. The summed E-state index contributed by atoms with van der Waals surface area (Å²) in [4.78, 5) is 4.28. The summed E-state index contributed by atoms with van der Waals surface area (Å²) in [6.45, 7) is 5.48. The van der Waals surface area contributed by atoms with Crippen LogP contribution in [0.1, 0.15) is 38.6 Å². The van der Waals surface area contributed by atoms with Crippen molar-refractivity contribution >= 4 is 0 Å². The maximum absolute atomic E-state index is 9.41. The molecule has 0 atom stereocenters. The van der Waals surface area contributed by atoms with Crippen LogP contribution >= 0.6 is 0 Å². The van der Waals surface area contributed by atoms with Crippen LogP contribution in [0.2, 0.25) is 0 Å². The number of ether oxygens (including phenoxy) is 1. The van der Waals surface area contributed by atoms with Crippen molar-refractivity contribution in [2.24, 2.45) is 5.41 Å². The lowest BCUT2D eigenvalue weighted by Crippen LogP contribution is -2.31. The van der Waals surface area contributed by atoms with E-state index in [4.69, 9.17) is 4.74 Å². The van der Waals surface area contributed by atoms with Gasteiger partial charge in [-0.05, 0) is 26.7 Å². The number of rotatable bonds is 3. The summed E-state index contributed by atoms with van der Waals surface area (Å²) in [5, 5.41) is 13.6. The highest BCUT2D eigenvalue weighted by atomic mass is 16.5. The molecule has 17 heavy (non-hydrogen) atoms. The van der Waals surface area contributed by atoms with E-state index >= 15 is 0 Å². The second-order valence-corrected chi connectivity index (χ2v) is 4.90. The largest absolute Gasteiger partial charge is 0.381 e. The third-order valence-corrected chi connectivity index (χ3v) is 3.32. The zero-order valence-electron chi connectivity index (χ0n) is 10.4. The Bertz CT molecular complexity index is 412. The molecule has 92 valence electrons. The van der Waals surface area contributed by atoms with Gasteiger partial charge in [-0.2, -0.15) is 10.4 Å².